The molecule has 1 N–H and O–H groups in total. The molecule has 1 atom stereocenters. The summed E-state index contributed by atoms with van der Waals surface area (Å²) in [5, 5.41) is 7.08. The molecule has 0 fully saturated rings. The van der Waals surface area contributed by atoms with Crippen LogP contribution in [0.1, 0.15) is 30.2 Å². The molecule has 22 heavy (non-hydrogen) atoms. The van der Waals surface area contributed by atoms with Gasteiger partial charge in [-0.2, -0.15) is 4.98 Å². The van der Waals surface area contributed by atoms with Crippen molar-refractivity contribution in [3.63, 3.8) is 0 Å². The lowest BCUT2D eigenvalue weighted by Crippen LogP contribution is -2.22. The van der Waals surface area contributed by atoms with Gasteiger partial charge in [0.05, 0.1) is 11.4 Å². The minimum atomic E-state index is -3.39. The molecule has 7 nitrogen and oxygen atoms in total. The minimum Gasteiger partial charge on any atom is -0.340 e. The molecule has 0 saturated heterocycles. The second-order valence-electron chi connectivity index (χ2n) is 5.19. The maximum atomic E-state index is 12.0. The molecule has 2 aromatic rings. The van der Waals surface area contributed by atoms with E-state index < -0.39 is 10.0 Å². The van der Waals surface area contributed by atoms with E-state index >= 15 is 0 Å². The molecular weight excluding hydrogens is 304 g/mol. The van der Waals surface area contributed by atoms with Gasteiger partial charge >= 0.3 is 0 Å². The zero-order valence-corrected chi connectivity index (χ0v) is 13.9. The van der Waals surface area contributed by atoms with Gasteiger partial charge in [0.1, 0.15) is 0 Å². The number of nitrogens with one attached hydrogen (secondary N) is 1. The smallest absolute Gasteiger partial charge is 0.242 e. The van der Waals surface area contributed by atoms with E-state index in [1.54, 1.807) is 31.2 Å². The van der Waals surface area contributed by atoms with Gasteiger partial charge < -0.3 is 9.84 Å². The van der Waals surface area contributed by atoms with E-state index in [2.05, 4.69) is 15.5 Å². The van der Waals surface area contributed by atoms with Gasteiger partial charge in [0.2, 0.25) is 15.9 Å². The number of hydrogen-bond donors (Lipinski definition) is 1. The first kappa shape index (κ1) is 16.6. The second kappa shape index (κ2) is 6.55. The van der Waals surface area contributed by atoms with Gasteiger partial charge in [-0.05, 0) is 24.6 Å². The SMILES string of the molecule is Cc1nc(CN[C@@H](C)c2ccc(S(=O)(=O)N(C)C)cc2)no1. The van der Waals surface area contributed by atoms with Crippen molar-refractivity contribution < 1.29 is 12.9 Å². The van der Waals surface area contributed by atoms with Crippen molar-refractivity contribution in [2.45, 2.75) is 31.3 Å². The molecular formula is C14H20N4O3S. The molecule has 0 spiro atoms. The number of hydrogen-bond acceptors (Lipinski definition) is 6. The lowest BCUT2D eigenvalue weighted by Gasteiger charge is -2.15. The quantitative estimate of drug-likeness (QED) is 0.866. The Morgan fingerprint density at radius 2 is 1.91 bits per heavy atom. The van der Waals surface area contributed by atoms with Crippen LogP contribution in [0.5, 0.6) is 0 Å². The van der Waals surface area contributed by atoms with Crippen LogP contribution in [-0.4, -0.2) is 37.0 Å². The van der Waals surface area contributed by atoms with Crippen molar-refractivity contribution in [3.05, 3.63) is 41.5 Å². The van der Waals surface area contributed by atoms with E-state index in [0.29, 0.717) is 18.3 Å². The molecule has 120 valence electrons. The lowest BCUT2D eigenvalue weighted by atomic mass is 10.1. The highest BCUT2D eigenvalue weighted by molar-refractivity contribution is 7.89. The first-order valence-corrected chi connectivity index (χ1v) is 8.30. The summed E-state index contributed by atoms with van der Waals surface area (Å²) >= 11 is 0. The van der Waals surface area contributed by atoms with E-state index in [9.17, 15) is 8.42 Å². The summed E-state index contributed by atoms with van der Waals surface area (Å²) in [6, 6.07) is 6.86. The number of aryl methyl sites for hydroxylation is 1. The topological polar surface area (TPSA) is 88.3 Å². The van der Waals surface area contributed by atoms with Crippen molar-refractivity contribution in [1.29, 1.82) is 0 Å². The third-order valence-electron chi connectivity index (χ3n) is 3.29. The zero-order chi connectivity index (χ0) is 16.3. The first-order chi connectivity index (χ1) is 10.3. The predicted octanol–water partition coefficient (Wildman–Crippen LogP) is 1.48. The van der Waals surface area contributed by atoms with Crippen LogP contribution >= 0.6 is 0 Å². The van der Waals surface area contributed by atoms with Crippen LogP contribution < -0.4 is 5.32 Å². The van der Waals surface area contributed by atoms with Crippen molar-refractivity contribution in [2.24, 2.45) is 0 Å². The fourth-order valence-electron chi connectivity index (χ4n) is 1.91. The maximum absolute atomic E-state index is 12.0. The summed E-state index contributed by atoms with van der Waals surface area (Å²) in [6.45, 7) is 4.21. The average Bonchev–Trinajstić information content (AvgIpc) is 2.90. The van der Waals surface area contributed by atoms with Gasteiger partial charge in [-0.15, -0.1) is 0 Å². The van der Waals surface area contributed by atoms with Crippen molar-refractivity contribution >= 4 is 10.0 Å². The number of nitrogens with zero attached hydrogens (tertiary/aromatic N) is 3. The Labute approximate surface area is 130 Å². The van der Waals surface area contributed by atoms with Gasteiger partial charge in [0.25, 0.3) is 0 Å². The minimum absolute atomic E-state index is 0.0370. The Hall–Kier alpha value is -1.77. The Morgan fingerprint density at radius 1 is 1.27 bits per heavy atom. The highest BCUT2D eigenvalue weighted by atomic mass is 32.2. The lowest BCUT2D eigenvalue weighted by molar-refractivity contribution is 0.384. The van der Waals surface area contributed by atoms with Crippen molar-refractivity contribution in [2.75, 3.05) is 14.1 Å². The van der Waals surface area contributed by atoms with Gasteiger partial charge in [0.15, 0.2) is 5.82 Å². The van der Waals surface area contributed by atoms with Gasteiger partial charge in [-0.25, -0.2) is 12.7 Å². The monoisotopic (exact) mass is 324 g/mol. The van der Waals surface area contributed by atoms with E-state index in [1.165, 1.54) is 18.4 Å². The molecule has 0 unspecified atom stereocenters. The number of benzene rings is 1. The van der Waals surface area contributed by atoms with Gasteiger partial charge in [-0.1, -0.05) is 17.3 Å². The standard InChI is InChI=1S/C14H20N4O3S/c1-10(15-9-14-16-11(2)21-17-14)12-5-7-13(8-6-12)22(19,20)18(3)4/h5-8,10,15H,9H2,1-4H3/t10-/m0/s1. The predicted molar refractivity (Wildman–Crippen MR) is 81.6 cm³/mol. The van der Waals surface area contributed by atoms with Crippen LogP contribution in [0.3, 0.4) is 0 Å². The molecule has 0 aliphatic heterocycles. The Bertz CT molecular complexity index is 723. The van der Waals surface area contributed by atoms with Crippen LogP contribution in [0.2, 0.25) is 0 Å². The molecule has 1 heterocycles. The molecule has 1 aromatic heterocycles. The molecule has 0 radical (unpaired) electrons. The molecule has 0 saturated carbocycles. The van der Waals surface area contributed by atoms with Crippen LogP contribution in [0.4, 0.5) is 0 Å². The number of sulfonamides is 1. The van der Waals surface area contributed by atoms with Crippen molar-refractivity contribution in [1.82, 2.24) is 19.8 Å². The Balaban J connectivity index is 2.03. The molecule has 0 amide bonds. The summed E-state index contributed by atoms with van der Waals surface area (Å²) in [5.74, 6) is 1.12. The Morgan fingerprint density at radius 3 is 2.41 bits per heavy atom. The normalized spacial score (nSPS) is 13.5. The average molecular weight is 324 g/mol. The molecule has 8 heteroatoms. The van der Waals surface area contributed by atoms with E-state index in [0.717, 1.165) is 5.56 Å². The molecule has 1 aromatic carbocycles. The van der Waals surface area contributed by atoms with Crippen LogP contribution in [0, 0.1) is 6.92 Å². The van der Waals surface area contributed by atoms with Crippen LogP contribution in [-0.2, 0) is 16.6 Å². The van der Waals surface area contributed by atoms with E-state index in [4.69, 9.17) is 4.52 Å². The highest BCUT2D eigenvalue weighted by Gasteiger charge is 2.17. The second-order valence-corrected chi connectivity index (χ2v) is 7.34. The van der Waals surface area contributed by atoms with Crippen LogP contribution in [0.25, 0.3) is 0 Å². The van der Waals surface area contributed by atoms with E-state index in [-0.39, 0.29) is 10.9 Å². The summed E-state index contributed by atoms with van der Waals surface area (Å²) in [4.78, 5) is 4.40. The molecule has 0 aliphatic rings. The van der Waals surface area contributed by atoms with Gasteiger partial charge in [0, 0.05) is 27.1 Å². The largest absolute Gasteiger partial charge is 0.340 e. The number of aromatic nitrogens is 2. The first-order valence-electron chi connectivity index (χ1n) is 6.86. The zero-order valence-electron chi connectivity index (χ0n) is 13.1. The molecule has 0 aliphatic carbocycles. The highest BCUT2D eigenvalue weighted by Crippen LogP contribution is 2.18. The summed E-state index contributed by atoms with van der Waals surface area (Å²) < 4.78 is 30.1. The van der Waals surface area contributed by atoms with E-state index in [1.807, 2.05) is 6.92 Å². The maximum Gasteiger partial charge on any atom is 0.242 e. The summed E-state index contributed by atoms with van der Waals surface area (Å²) in [7, 11) is -0.363. The fraction of sp³-hybridized carbons (Fsp3) is 0.429. The van der Waals surface area contributed by atoms with Crippen LogP contribution in [0.15, 0.2) is 33.7 Å². The fourth-order valence-corrected chi connectivity index (χ4v) is 2.82. The third-order valence-corrected chi connectivity index (χ3v) is 5.12. The molecule has 0 bridgehead atoms. The number of rotatable bonds is 6. The third kappa shape index (κ3) is 3.70. The summed E-state index contributed by atoms with van der Waals surface area (Å²) in [6.07, 6.45) is 0. The van der Waals surface area contributed by atoms with Gasteiger partial charge in [-0.3, -0.25) is 0 Å². The Kier molecular flexibility index (Phi) is 4.94. The summed E-state index contributed by atoms with van der Waals surface area (Å²) in [5.41, 5.74) is 0.984. The molecule has 2 rings (SSSR count). The van der Waals surface area contributed by atoms with Crippen molar-refractivity contribution in [3.8, 4) is 0 Å².